The first-order valence-corrected chi connectivity index (χ1v) is 6.26. The molecule has 0 amide bonds. The topological polar surface area (TPSA) is 69.7 Å². The Kier molecular flexibility index (Phi) is 4.22. The van der Waals surface area contributed by atoms with Crippen molar-refractivity contribution in [3.05, 3.63) is 0 Å². The summed E-state index contributed by atoms with van der Waals surface area (Å²) in [6, 6.07) is 0. The Morgan fingerprint density at radius 2 is 1.94 bits per heavy atom. The maximum Gasteiger partial charge on any atom is 0.357 e. The Balaban J connectivity index is 2.40. The van der Waals surface area contributed by atoms with Gasteiger partial charge in [0.05, 0.1) is 6.10 Å². The summed E-state index contributed by atoms with van der Waals surface area (Å²) in [4.78, 5) is 2.02. The van der Waals surface area contributed by atoms with Crippen molar-refractivity contribution in [2.45, 2.75) is 24.2 Å². The van der Waals surface area contributed by atoms with Crippen molar-refractivity contribution in [3.8, 4) is 0 Å². The van der Waals surface area contributed by atoms with Crippen LogP contribution >= 0.6 is 0 Å². The molecule has 1 rings (SSSR count). The summed E-state index contributed by atoms with van der Waals surface area (Å²) >= 11 is 0. The van der Waals surface area contributed by atoms with Crippen molar-refractivity contribution < 1.29 is 26.5 Å². The second-order valence-corrected chi connectivity index (χ2v) is 5.41. The highest BCUT2D eigenvalue weighted by Crippen LogP contribution is 2.23. The first kappa shape index (κ1) is 13.8. The van der Waals surface area contributed by atoms with E-state index in [1.54, 1.807) is 0 Å². The van der Waals surface area contributed by atoms with Gasteiger partial charge in [-0.1, -0.05) is 0 Å². The maximum absolute atomic E-state index is 12.7. The molecule has 5 nitrogen and oxygen atoms in total. The summed E-state index contributed by atoms with van der Waals surface area (Å²) in [5, 5.41) is -4.34. The Morgan fingerprint density at radius 3 is 2.38 bits per heavy atom. The van der Waals surface area contributed by atoms with E-state index in [9.17, 15) is 21.8 Å². The predicted octanol–water partition coefficient (Wildman–Crippen LogP) is 0.235. The Hall–Kier alpha value is -0.310. The number of piperidine rings is 1. The molecule has 96 valence electrons. The van der Waals surface area contributed by atoms with Crippen molar-refractivity contribution in [2.75, 3.05) is 26.7 Å². The SMILES string of the molecule is CN1CCC(OCC(F)(F)S(=O)(=O)[O-])CC1. The molecule has 8 heteroatoms. The van der Waals surface area contributed by atoms with Crippen LogP contribution in [0.4, 0.5) is 8.78 Å². The quantitative estimate of drug-likeness (QED) is 0.675. The van der Waals surface area contributed by atoms with E-state index in [-0.39, 0.29) is 0 Å². The van der Waals surface area contributed by atoms with Crippen molar-refractivity contribution in [2.24, 2.45) is 0 Å². The molecule has 16 heavy (non-hydrogen) atoms. The van der Waals surface area contributed by atoms with Crippen molar-refractivity contribution >= 4 is 10.1 Å². The fourth-order valence-corrected chi connectivity index (χ4v) is 1.65. The number of rotatable bonds is 4. The first-order valence-electron chi connectivity index (χ1n) is 4.86. The molecule has 0 aromatic carbocycles. The van der Waals surface area contributed by atoms with Crippen LogP contribution in [0, 0.1) is 0 Å². The first-order chi connectivity index (χ1) is 7.22. The van der Waals surface area contributed by atoms with Gasteiger partial charge in [0.25, 0.3) is 0 Å². The average molecular weight is 258 g/mol. The fraction of sp³-hybridized carbons (Fsp3) is 1.00. The lowest BCUT2D eigenvalue weighted by atomic mass is 10.1. The molecule has 1 aliphatic heterocycles. The second-order valence-electron chi connectivity index (χ2n) is 3.91. The smallest absolute Gasteiger partial charge is 0.357 e. The molecule has 0 radical (unpaired) electrons. The van der Waals surface area contributed by atoms with E-state index in [1.165, 1.54) is 0 Å². The zero-order valence-corrected chi connectivity index (χ0v) is 9.67. The maximum atomic E-state index is 12.7. The van der Waals surface area contributed by atoms with Crippen LogP contribution in [0.3, 0.4) is 0 Å². The summed E-state index contributed by atoms with van der Waals surface area (Å²) in [7, 11) is -3.74. The molecular formula is C8H14F2NO4S-. The predicted molar refractivity (Wildman–Crippen MR) is 51.1 cm³/mol. The largest absolute Gasteiger partial charge is 0.743 e. The van der Waals surface area contributed by atoms with Crippen LogP contribution in [0.1, 0.15) is 12.8 Å². The van der Waals surface area contributed by atoms with E-state index in [2.05, 4.69) is 0 Å². The van der Waals surface area contributed by atoms with Gasteiger partial charge in [-0.2, -0.15) is 8.78 Å². The van der Waals surface area contributed by atoms with Crippen molar-refractivity contribution in [3.63, 3.8) is 0 Å². The summed E-state index contributed by atoms with van der Waals surface area (Å²) < 4.78 is 60.8. The third-order valence-corrected chi connectivity index (χ3v) is 3.37. The van der Waals surface area contributed by atoms with Crippen LogP contribution in [0.5, 0.6) is 0 Å². The molecule has 1 heterocycles. The molecule has 0 unspecified atom stereocenters. The molecule has 0 atom stereocenters. The summed E-state index contributed by atoms with van der Waals surface area (Å²) in [6.45, 7) is 0.0634. The van der Waals surface area contributed by atoms with Crippen LogP contribution in [0.25, 0.3) is 0 Å². The Labute approximate surface area is 93.1 Å². The lowest BCUT2D eigenvalue weighted by Crippen LogP contribution is -2.39. The summed E-state index contributed by atoms with van der Waals surface area (Å²) in [5.41, 5.74) is 0. The standard InChI is InChI=1S/C8H15F2NO4S/c1-11-4-2-7(3-5-11)15-6-8(9,10)16(12,13)14/h7H,2-6H2,1H3,(H,12,13,14)/p-1. The van der Waals surface area contributed by atoms with Gasteiger partial charge in [-0.25, -0.2) is 8.42 Å². The van der Waals surface area contributed by atoms with Crippen molar-refractivity contribution in [1.29, 1.82) is 0 Å². The fourth-order valence-electron chi connectivity index (χ4n) is 1.44. The Morgan fingerprint density at radius 1 is 1.44 bits per heavy atom. The molecule has 0 aromatic heterocycles. The minimum atomic E-state index is -5.63. The van der Waals surface area contributed by atoms with Gasteiger partial charge in [0.15, 0.2) is 10.1 Å². The zero-order valence-electron chi connectivity index (χ0n) is 8.86. The normalized spacial score (nSPS) is 21.2. The minimum absolute atomic E-state index is 0.399. The van der Waals surface area contributed by atoms with Crippen LogP contribution in [-0.2, 0) is 14.9 Å². The number of nitrogens with zero attached hydrogens (tertiary/aromatic N) is 1. The van der Waals surface area contributed by atoms with E-state index in [0.29, 0.717) is 25.9 Å². The number of ether oxygens (including phenoxy) is 1. The number of hydrogen-bond donors (Lipinski definition) is 0. The molecule has 0 saturated carbocycles. The molecule has 0 bridgehead atoms. The van der Waals surface area contributed by atoms with Gasteiger partial charge in [0, 0.05) is 13.1 Å². The minimum Gasteiger partial charge on any atom is -0.743 e. The zero-order chi connectivity index (χ0) is 12.4. The molecule has 1 fully saturated rings. The van der Waals surface area contributed by atoms with Gasteiger partial charge < -0.3 is 14.2 Å². The van der Waals surface area contributed by atoms with Gasteiger partial charge in [-0.15, -0.1) is 0 Å². The third-order valence-electron chi connectivity index (χ3n) is 2.52. The summed E-state index contributed by atoms with van der Waals surface area (Å²) in [5.74, 6) is 0. The molecule has 1 aliphatic rings. The second kappa shape index (κ2) is 4.91. The van der Waals surface area contributed by atoms with Crippen LogP contribution in [-0.4, -0.2) is 56.0 Å². The highest BCUT2D eigenvalue weighted by Gasteiger charge is 2.38. The van der Waals surface area contributed by atoms with Gasteiger partial charge in [-0.3, -0.25) is 0 Å². The van der Waals surface area contributed by atoms with E-state index in [0.717, 1.165) is 0 Å². The number of alkyl halides is 2. The Bertz CT molecular complexity index is 325. The lowest BCUT2D eigenvalue weighted by molar-refractivity contribution is -0.0673. The molecular weight excluding hydrogens is 244 g/mol. The van der Waals surface area contributed by atoms with Gasteiger partial charge >= 0.3 is 5.25 Å². The van der Waals surface area contributed by atoms with Crippen LogP contribution in [0.2, 0.25) is 0 Å². The molecule has 0 spiro atoms. The molecule has 0 aromatic rings. The highest BCUT2D eigenvalue weighted by atomic mass is 32.2. The molecule has 0 N–H and O–H groups in total. The van der Waals surface area contributed by atoms with Crippen LogP contribution in [0.15, 0.2) is 0 Å². The molecule has 1 saturated heterocycles. The van der Waals surface area contributed by atoms with Gasteiger partial charge in [0.1, 0.15) is 6.61 Å². The van der Waals surface area contributed by atoms with E-state index in [4.69, 9.17) is 4.74 Å². The number of likely N-dealkylation sites (tertiary alicyclic amines) is 1. The van der Waals surface area contributed by atoms with E-state index >= 15 is 0 Å². The molecule has 0 aliphatic carbocycles. The number of halogens is 2. The number of hydrogen-bond acceptors (Lipinski definition) is 5. The van der Waals surface area contributed by atoms with E-state index < -0.39 is 28.1 Å². The van der Waals surface area contributed by atoms with Crippen molar-refractivity contribution in [1.82, 2.24) is 4.90 Å². The third kappa shape index (κ3) is 3.62. The average Bonchev–Trinajstić information content (AvgIpc) is 2.15. The summed E-state index contributed by atoms with van der Waals surface area (Å²) in [6.07, 6.45) is 0.723. The monoisotopic (exact) mass is 258 g/mol. The van der Waals surface area contributed by atoms with E-state index in [1.807, 2.05) is 11.9 Å². The lowest BCUT2D eigenvalue weighted by Gasteiger charge is -2.30. The van der Waals surface area contributed by atoms with Crippen LogP contribution < -0.4 is 0 Å². The van der Waals surface area contributed by atoms with Gasteiger partial charge in [-0.05, 0) is 19.9 Å². The van der Waals surface area contributed by atoms with Gasteiger partial charge in [0.2, 0.25) is 0 Å². The highest BCUT2D eigenvalue weighted by molar-refractivity contribution is 7.86.